The van der Waals surface area contributed by atoms with E-state index in [0.29, 0.717) is 0 Å². The Morgan fingerprint density at radius 2 is 2.12 bits per heavy atom. The van der Waals surface area contributed by atoms with Gasteiger partial charge in [0, 0.05) is 25.6 Å². The van der Waals surface area contributed by atoms with Gasteiger partial charge in [-0.15, -0.1) is 11.6 Å². The number of aliphatic hydroxyl groups excluding tert-OH is 1. The Kier molecular flexibility index (Phi) is 4.07. The number of hydrogen-bond acceptors (Lipinski definition) is 2. The average molecular weight is 260 g/mol. The molecule has 0 radical (unpaired) electrons. The fourth-order valence-electron chi connectivity index (χ4n) is 1.86. The Labute approximate surface area is 96.2 Å². The zero-order valence-electron chi connectivity index (χ0n) is 8.67. The lowest BCUT2D eigenvalue weighted by molar-refractivity contribution is -0.183. The van der Waals surface area contributed by atoms with Gasteiger partial charge in [0.15, 0.2) is 0 Å². The maximum atomic E-state index is 12.6. The van der Waals surface area contributed by atoms with Crippen LogP contribution in [0.15, 0.2) is 0 Å². The van der Waals surface area contributed by atoms with Crippen LogP contribution in [0.4, 0.5) is 13.2 Å². The summed E-state index contributed by atoms with van der Waals surface area (Å²) in [5.41, 5.74) is 0. The summed E-state index contributed by atoms with van der Waals surface area (Å²) in [5, 5.41) is 8.03. The first-order valence-corrected chi connectivity index (χ1v) is 5.31. The molecule has 94 valence electrons. The lowest BCUT2D eigenvalue weighted by atomic mass is 9.97. The molecule has 3 atom stereocenters. The van der Waals surface area contributed by atoms with Crippen molar-refractivity contribution in [2.45, 2.75) is 18.5 Å². The van der Waals surface area contributed by atoms with E-state index in [0.717, 1.165) is 4.90 Å². The molecule has 0 unspecified atom stereocenters. The molecule has 0 aliphatic carbocycles. The molecule has 0 aromatic rings. The maximum Gasteiger partial charge on any atom is 0.393 e. The minimum Gasteiger partial charge on any atom is -0.396 e. The van der Waals surface area contributed by atoms with Crippen molar-refractivity contribution in [3.05, 3.63) is 0 Å². The van der Waals surface area contributed by atoms with Crippen LogP contribution in [0.5, 0.6) is 0 Å². The van der Waals surface area contributed by atoms with Crippen molar-refractivity contribution >= 4 is 17.5 Å². The fourth-order valence-corrected chi connectivity index (χ4v) is 2.00. The topological polar surface area (TPSA) is 40.5 Å². The zero-order chi connectivity index (χ0) is 12.5. The van der Waals surface area contributed by atoms with Crippen molar-refractivity contribution in [3.63, 3.8) is 0 Å². The van der Waals surface area contributed by atoms with Crippen molar-refractivity contribution in [2.24, 2.45) is 11.8 Å². The van der Waals surface area contributed by atoms with Gasteiger partial charge >= 0.3 is 6.18 Å². The molecule has 1 rings (SSSR count). The Morgan fingerprint density at radius 3 is 2.44 bits per heavy atom. The molecule has 7 heteroatoms. The van der Waals surface area contributed by atoms with E-state index in [1.54, 1.807) is 0 Å². The summed E-state index contributed by atoms with van der Waals surface area (Å²) >= 11 is 5.53. The number of halogens is 4. The van der Waals surface area contributed by atoms with Crippen LogP contribution in [-0.4, -0.2) is 47.2 Å². The number of nitrogens with zero attached hydrogens (tertiary/aromatic N) is 1. The quantitative estimate of drug-likeness (QED) is 0.758. The van der Waals surface area contributed by atoms with Crippen molar-refractivity contribution in [2.75, 3.05) is 19.7 Å². The van der Waals surface area contributed by atoms with E-state index in [4.69, 9.17) is 16.7 Å². The van der Waals surface area contributed by atoms with Gasteiger partial charge in [-0.25, -0.2) is 0 Å². The van der Waals surface area contributed by atoms with Gasteiger partial charge in [0.1, 0.15) is 5.38 Å². The Bertz CT molecular complexity index is 270. The highest BCUT2D eigenvalue weighted by atomic mass is 35.5. The summed E-state index contributed by atoms with van der Waals surface area (Å²) in [6.45, 7) is 0.338. The van der Waals surface area contributed by atoms with Crippen molar-refractivity contribution in [1.82, 2.24) is 4.90 Å². The smallest absolute Gasteiger partial charge is 0.393 e. The van der Waals surface area contributed by atoms with E-state index < -0.39 is 42.4 Å². The number of likely N-dealkylation sites (tertiary alicyclic amines) is 1. The molecule has 1 saturated heterocycles. The van der Waals surface area contributed by atoms with E-state index in [2.05, 4.69) is 0 Å². The molecule has 1 aliphatic rings. The third-order valence-electron chi connectivity index (χ3n) is 2.75. The van der Waals surface area contributed by atoms with Crippen LogP contribution < -0.4 is 0 Å². The molecule has 1 aliphatic heterocycles. The number of hydrogen-bond donors (Lipinski definition) is 1. The zero-order valence-corrected chi connectivity index (χ0v) is 9.42. The Balaban J connectivity index is 2.74. The summed E-state index contributed by atoms with van der Waals surface area (Å²) in [6, 6.07) is 0. The number of alkyl halides is 4. The Morgan fingerprint density at radius 1 is 1.56 bits per heavy atom. The third kappa shape index (κ3) is 2.79. The van der Waals surface area contributed by atoms with E-state index in [-0.39, 0.29) is 6.54 Å². The average Bonchev–Trinajstić information content (AvgIpc) is 2.59. The second-order valence-electron chi connectivity index (χ2n) is 3.95. The fraction of sp³-hybridized carbons (Fsp3) is 0.889. The van der Waals surface area contributed by atoms with Gasteiger partial charge < -0.3 is 10.0 Å². The van der Waals surface area contributed by atoms with Gasteiger partial charge in [-0.3, -0.25) is 4.79 Å². The molecule has 16 heavy (non-hydrogen) atoms. The summed E-state index contributed by atoms with van der Waals surface area (Å²) in [4.78, 5) is 12.5. The minimum atomic E-state index is -4.39. The van der Waals surface area contributed by atoms with E-state index >= 15 is 0 Å². The molecule has 0 bridgehead atoms. The highest BCUT2D eigenvalue weighted by Crippen LogP contribution is 2.37. The van der Waals surface area contributed by atoms with Crippen molar-refractivity contribution in [3.8, 4) is 0 Å². The summed E-state index contributed by atoms with van der Waals surface area (Å²) in [5.74, 6) is -3.12. The van der Waals surface area contributed by atoms with Gasteiger partial charge in [0.2, 0.25) is 5.91 Å². The monoisotopic (exact) mass is 259 g/mol. The number of carbonyl (C=O) groups is 1. The molecule has 0 aromatic heterocycles. The van der Waals surface area contributed by atoms with Crippen LogP contribution >= 0.6 is 11.6 Å². The molecule has 1 fully saturated rings. The second-order valence-corrected chi connectivity index (χ2v) is 4.60. The highest BCUT2D eigenvalue weighted by molar-refractivity contribution is 6.30. The molecule has 0 spiro atoms. The molecule has 0 aromatic carbocycles. The molecule has 1 amide bonds. The van der Waals surface area contributed by atoms with Crippen molar-refractivity contribution in [1.29, 1.82) is 0 Å². The van der Waals surface area contributed by atoms with Gasteiger partial charge in [0.05, 0.1) is 5.92 Å². The summed E-state index contributed by atoms with van der Waals surface area (Å²) < 4.78 is 37.7. The maximum absolute atomic E-state index is 12.6. The molecule has 1 N–H and O–H groups in total. The lowest BCUT2D eigenvalue weighted by Gasteiger charge is -2.19. The summed E-state index contributed by atoms with van der Waals surface area (Å²) in [7, 11) is 0. The molecule has 1 heterocycles. The van der Waals surface area contributed by atoms with Crippen molar-refractivity contribution < 1.29 is 23.1 Å². The van der Waals surface area contributed by atoms with Crippen LogP contribution in [0.2, 0.25) is 0 Å². The normalized spacial score (nSPS) is 28.2. The van der Waals surface area contributed by atoms with E-state index in [1.165, 1.54) is 6.92 Å². The van der Waals surface area contributed by atoms with E-state index in [1.807, 2.05) is 0 Å². The third-order valence-corrected chi connectivity index (χ3v) is 2.93. The predicted molar refractivity (Wildman–Crippen MR) is 52.0 cm³/mol. The number of rotatable bonds is 2. The predicted octanol–water partition coefficient (Wildman–Crippen LogP) is 1.24. The minimum absolute atomic E-state index is 0.0867. The largest absolute Gasteiger partial charge is 0.396 e. The van der Waals surface area contributed by atoms with Gasteiger partial charge in [-0.05, 0) is 6.92 Å². The van der Waals surface area contributed by atoms with Gasteiger partial charge in [-0.1, -0.05) is 0 Å². The van der Waals surface area contributed by atoms with Crippen LogP contribution in [0.1, 0.15) is 6.92 Å². The lowest BCUT2D eigenvalue weighted by Crippen LogP contribution is -2.35. The van der Waals surface area contributed by atoms with Crippen LogP contribution in [0.25, 0.3) is 0 Å². The second kappa shape index (κ2) is 4.79. The summed E-state index contributed by atoms with van der Waals surface area (Å²) in [6.07, 6.45) is -4.39. The number of carbonyl (C=O) groups excluding carboxylic acids is 1. The van der Waals surface area contributed by atoms with Crippen LogP contribution in [0.3, 0.4) is 0 Å². The molecule has 0 saturated carbocycles. The highest BCUT2D eigenvalue weighted by Gasteiger charge is 2.50. The number of amides is 1. The van der Waals surface area contributed by atoms with Gasteiger partial charge in [0.25, 0.3) is 0 Å². The molecule has 3 nitrogen and oxygen atoms in total. The standard InChI is InChI=1S/C9H13ClF3NO2/c1-5(10)8(16)14-2-6(4-15)7(3-14)9(11,12)13/h5-7,15H,2-4H2,1H3/t5-,6+,7-/m0/s1. The SMILES string of the molecule is C[C@H](Cl)C(=O)N1C[C@H](CO)[C@@H](C(F)(F)F)C1. The first-order chi connectivity index (χ1) is 7.27. The van der Waals surface area contributed by atoms with Gasteiger partial charge in [-0.2, -0.15) is 13.2 Å². The first-order valence-electron chi connectivity index (χ1n) is 4.87. The van der Waals surface area contributed by atoms with Crippen LogP contribution in [-0.2, 0) is 4.79 Å². The Hall–Kier alpha value is -0.490. The molecular formula is C9H13ClF3NO2. The van der Waals surface area contributed by atoms with E-state index in [9.17, 15) is 18.0 Å². The number of aliphatic hydroxyl groups is 1. The molecular weight excluding hydrogens is 247 g/mol. The first kappa shape index (κ1) is 13.6. The van der Waals surface area contributed by atoms with Crippen LogP contribution in [0, 0.1) is 11.8 Å².